The lowest BCUT2D eigenvalue weighted by atomic mass is 10.1. The first kappa shape index (κ1) is 23.9. The maximum absolute atomic E-state index is 12.3. The number of hydrogen-bond acceptors (Lipinski definition) is 5. The Morgan fingerprint density at radius 3 is 2.35 bits per heavy atom. The number of fused-ring (bicyclic) bond motifs is 1. The van der Waals surface area contributed by atoms with Gasteiger partial charge in [-0.3, -0.25) is 0 Å². The predicted molar refractivity (Wildman–Crippen MR) is 140 cm³/mol. The summed E-state index contributed by atoms with van der Waals surface area (Å²) in [5.74, 6) is 0. The van der Waals surface area contributed by atoms with E-state index in [0.29, 0.717) is 19.1 Å². The smallest absolute Gasteiger partial charge is 0.317 e. The van der Waals surface area contributed by atoms with Crippen molar-refractivity contribution in [1.29, 1.82) is 0 Å². The van der Waals surface area contributed by atoms with Gasteiger partial charge in [0.25, 0.3) is 0 Å². The van der Waals surface area contributed by atoms with Crippen LogP contribution in [0.2, 0.25) is 0 Å². The van der Waals surface area contributed by atoms with Crippen LogP contribution in [-0.2, 0) is 0 Å². The molecule has 4 rings (SSSR count). The molecule has 1 aromatic carbocycles. The Labute approximate surface area is 202 Å². The van der Waals surface area contributed by atoms with E-state index < -0.39 is 0 Å². The number of amides is 2. The van der Waals surface area contributed by atoms with E-state index >= 15 is 0 Å². The van der Waals surface area contributed by atoms with Gasteiger partial charge in [-0.2, -0.15) is 5.10 Å². The summed E-state index contributed by atoms with van der Waals surface area (Å²) in [7, 11) is 0. The van der Waals surface area contributed by atoms with Crippen molar-refractivity contribution in [1.82, 2.24) is 25.1 Å². The molecule has 0 saturated carbocycles. The van der Waals surface area contributed by atoms with Gasteiger partial charge in [0.1, 0.15) is 0 Å². The van der Waals surface area contributed by atoms with Crippen molar-refractivity contribution in [3.8, 4) is 11.1 Å². The van der Waals surface area contributed by atoms with Crippen LogP contribution in [0, 0.1) is 0 Å². The van der Waals surface area contributed by atoms with Gasteiger partial charge in [-0.1, -0.05) is 26.0 Å². The third-order valence-electron chi connectivity index (χ3n) is 6.03. The topological polar surface area (TPSA) is 76.9 Å². The average molecular weight is 464 g/mol. The van der Waals surface area contributed by atoms with Crippen LogP contribution in [0.4, 0.5) is 16.2 Å². The van der Waals surface area contributed by atoms with E-state index in [9.17, 15) is 4.79 Å². The minimum absolute atomic E-state index is 0.0219. The van der Waals surface area contributed by atoms with Gasteiger partial charge in [-0.25, -0.2) is 9.31 Å². The fourth-order valence-electron chi connectivity index (χ4n) is 4.26. The standard InChI is InChI=1S/C26H37N7O/c1-19(2)27-11-12-28-23-7-5-21(6-8-23)22-17-25-24(9-10-29-33(25)18-22)31-13-15-32(16-14-31)26(34)30-20(3)4/h5-10,17-20,27-28H,11-16H2,1-4H3,(H,30,34). The maximum atomic E-state index is 12.3. The second-order valence-corrected chi connectivity index (χ2v) is 9.47. The summed E-state index contributed by atoms with van der Waals surface area (Å²) in [5, 5.41) is 14.4. The number of carbonyl (C=O) groups is 1. The highest BCUT2D eigenvalue weighted by molar-refractivity contribution is 5.81. The molecule has 0 unspecified atom stereocenters. The molecule has 1 fully saturated rings. The number of rotatable bonds is 8. The highest BCUT2D eigenvalue weighted by Gasteiger charge is 2.23. The van der Waals surface area contributed by atoms with Crippen molar-refractivity contribution in [3.05, 3.63) is 48.8 Å². The number of piperazine rings is 1. The Kier molecular flexibility index (Phi) is 7.57. The fraction of sp³-hybridized carbons (Fsp3) is 0.462. The summed E-state index contributed by atoms with van der Waals surface area (Å²) in [6, 6.07) is 13.5. The Hall–Kier alpha value is -3.26. The van der Waals surface area contributed by atoms with Crippen molar-refractivity contribution in [3.63, 3.8) is 0 Å². The van der Waals surface area contributed by atoms with Crippen LogP contribution in [0.5, 0.6) is 0 Å². The molecular formula is C26H37N7O. The highest BCUT2D eigenvalue weighted by Crippen LogP contribution is 2.29. The number of anilines is 2. The van der Waals surface area contributed by atoms with E-state index in [2.05, 4.69) is 82.4 Å². The van der Waals surface area contributed by atoms with E-state index in [0.717, 1.165) is 54.2 Å². The SMILES string of the molecule is CC(C)NCCNc1ccc(-c2cc3c(N4CCN(C(=O)NC(C)C)CC4)ccnn3c2)cc1. The van der Waals surface area contributed by atoms with Crippen LogP contribution < -0.4 is 20.9 Å². The molecule has 2 aromatic heterocycles. The molecule has 1 aliphatic heterocycles. The quantitative estimate of drug-likeness (QED) is 0.445. The summed E-state index contributed by atoms with van der Waals surface area (Å²) >= 11 is 0. The molecule has 0 radical (unpaired) electrons. The Morgan fingerprint density at radius 2 is 1.68 bits per heavy atom. The monoisotopic (exact) mass is 463 g/mol. The van der Waals surface area contributed by atoms with Gasteiger partial charge in [0.05, 0.1) is 11.2 Å². The number of benzene rings is 1. The van der Waals surface area contributed by atoms with Gasteiger partial charge < -0.3 is 25.8 Å². The lowest BCUT2D eigenvalue weighted by Crippen LogP contribution is -2.53. The number of hydrogen-bond donors (Lipinski definition) is 3. The number of nitrogens with one attached hydrogen (secondary N) is 3. The summed E-state index contributed by atoms with van der Waals surface area (Å²) in [4.78, 5) is 16.6. The van der Waals surface area contributed by atoms with E-state index in [-0.39, 0.29) is 12.1 Å². The minimum Gasteiger partial charge on any atom is -0.384 e. The zero-order chi connectivity index (χ0) is 24.1. The van der Waals surface area contributed by atoms with Crippen LogP contribution in [0.3, 0.4) is 0 Å². The largest absolute Gasteiger partial charge is 0.384 e. The van der Waals surface area contributed by atoms with Gasteiger partial charge in [-0.15, -0.1) is 0 Å². The predicted octanol–water partition coefficient (Wildman–Crippen LogP) is 3.65. The average Bonchev–Trinajstić information content (AvgIpc) is 3.26. The van der Waals surface area contributed by atoms with E-state index in [1.807, 2.05) is 29.5 Å². The third-order valence-corrected chi connectivity index (χ3v) is 6.03. The number of urea groups is 1. The first-order chi connectivity index (χ1) is 16.4. The molecule has 1 saturated heterocycles. The van der Waals surface area contributed by atoms with Gasteiger partial charge in [0, 0.05) is 75.0 Å². The second-order valence-electron chi connectivity index (χ2n) is 9.47. The Bertz CT molecular complexity index is 1080. The van der Waals surface area contributed by atoms with E-state index in [4.69, 9.17) is 0 Å². The van der Waals surface area contributed by atoms with Crippen LogP contribution in [0.15, 0.2) is 48.8 Å². The van der Waals surface area contributed by atoms with Gasteiger partial charge in [0.15, 0.2) is 0 Å². The van der Waals surface area contributed by atoms with Crippen LogP contribution in [0.25, 0.3) is 16.6 Å². The lowest BCUT2D eigenvalue weighted by Gasteiger charge is -2.36. The lowest BCUT2D eigenvalue weighted by molar-refractivity contribution is 0.192. The van der Waals surface area contributed by atoms with Crippen LogP contribution in [0.1, 0.15) is 27.7 Å². The maximum Gasteiger partial charge on any atom is 0.317 e. The molecule has 1 aliphatic rings. The highest BCUT2D eigenvalue weighted by atomic mass is 16.2. The van der Waals surface area contributed by atoms with E-state index in [1.165, 1.54) is 0 Å². The molecule has 34 heavy (non-hydrogen) atoms. The molecule has 182 valence electrons. The molecule has 0 aliphatic carbocycles. The van der Waals surface area contributed by atoms with Gasteiger partial charge in [-0.05, 0) is 43.7 Å². The molecule has 0 spiro atoms. The van der Waals surface area contributed by atoms with Crippen molar-refractivity contribution < 1.29 is 4.79 Å². The minimum atomic E-state index is 0.0219. The zero-order valence-electron chi connectivity index (χ0n) is 20.7. The normalized spacial score (nSPS) is 14.3. The second kappa shape index (κ2) is 10.8. The van der Waals surface area contributed by atoms with Crippen molar-refractivity contribution >= 4 is 22.9 Å². The fourth-order valence-corrected chi connectivity index (χ4v) is 4.26. The molecule has 2 amide bonds. The molecule has 8 nitrogen and oxygen atoms in total. The molecule has 3 aromatic rings. The molecule has 3 N–H and O–H groups in total. The van der Waals surface area contributed by atoms with Crippen molar-refractivity contribution in [2.24, 2.45) is 0 Å². The number of nitrogens with zero attached hydrogens (tertiary/aromatic N) is 4. The first-order valence-electron chi connectivity index (χ1n) is 12.3. The van der Waals surface area contributed by atoms with E-state index in [1.54, 1.807) is 0 Å². The van der Waals surface area contributed by atoms with Crippen LogP contribution >= 0.6 is 0 Å². The molecular weight excluding hydrogens is 426 g/mol. The summed E-state index contributed by atoms with van der Waals surface area (Å²) in [6.45, 7) is 13.2. The summed E-state index contributed by atoms with van der Waals surface area (Å²) in [6.07, 6.45) is 3.93. The Morgan fingerprint density at radius 1 is 0.941 bits per heavy atom. The summed E-state index contributed by atoms with van der Waals surface area (Å²) in [5.41, 5.74) is 5.66. The van der Waals surface area contributed by atoms with Gasteiger partial charge >= 0.3 is 6.03 Å². The van der Waals surface area contributed by atoms with Crippen molar-refractivity contribution in [2.45, 2.75) is 39.8 Å². The third kappa shape index (κ3) is 5.80. The first-order valence-corrected chi connectivity index (χ1v) is 12.3. The molecule has 3 heterocycles. The van der Waals surface area contributed by atoms with Crippen LogP contribution in [-0.4, -0.2) is 71.9 Å². The molecule has 8 heteroatoms. The zero-order valence-corrected chi connectivity index (χ0v) is 20.7. The number of carbonyl (C=O) groups excluding carboxylic acids is 1. The van der Waals surface area contributed by atoms with Crippen molar-refractivity contribution in [2.75, 3.05) is 49.5 Å². The summed E-state index contributed by atoms with van der Waals surface area (Å²) < 4.78 is 1.95. The number of aromatic nitrogens is 2. The Balaban J connectivity index is 1.43. The van der Waals surface area contributed by atoms with Gasteiger partial charge in [0.2, 0.25) is 0 Å². The molecule has 0 atom stereocenters. The molecule has 0 bridgehead atoms.